The minimum absolute atomic E-state index is 0.503. The lowest BCUT2D eigenvalue weighted by molar-refractivity contribution is 0.826. The Bertz CT molecular complexity index is 389. The van der Waals surface area contributed by atoms with Gasteiger partial charge < -0.3 is 4.90 Å². The van der Waals surface area contributed by atoms with E-state index in [-0.39, 0.29) is 0 Å². The number of anilines is 1. The molecule has 0 radical (unpaired) electrons. The van der Waals surface area contributed by atoms with Gasteiger partial charge in [0.25, 0.3) is 0 Å². The van der Waals surface area contributed by atoms with Crippen molar-refractivity contribution < 1.29 is 0 Å². The number of benzene rings is 1. The van der Waals surface area contributed by atoms with Gasteiger partial charge in [0.15, 0.2) is 0 Å². The summed E-state index contributed by atoms with van der Waals surface area (Å²) >= 11 is 7.36. The highest BCUT2D eigenvalue weighted by molar-refractivity contribution is 8.01. The Hall–Kier alpha value is -0.540. The number of fused-ring (bicyclic) bond motifs is 3. The second kappa shape index (κ2) is 3.24. The van der Waals surface area contributed by atoms with Crippen molar-refractivity contribution in [1.82, 2.24) is 0 Å². The molecule has 0 amide bonds. The van der Waals surface area contributed by atoms with Crippen LogP contribution < -0.4 is 4.90 Å². The number of hydrogen-bond acceptors (Lipinski definition) is 3. The van der Waals surface area contributed by atoms with Gasteiger partial charge in [0.1, 0.15) is 0 Å². The van der Waals surface area contributed by atoms with Gasteiger partial charge >= 0.3 is 0 Å². The zero-order valence-corrected chi connectivity index (χ0v) is 9.40. The van der Waals surface area contributed by atoms with Crippen molar-refractivity contribution in [3.63, 3.8) is 0 Å². The molecule has 1 aromatic carbocycles. The molecule has 0 saturated carbocycles. The standard InChI is InChI=1S/C11H11NS2/c13-11-6-14-7-12-9-4-2-1-3-8(9)5-10(11)12/h1-4,10H,5-7H2. The highest BCUT2D eigenvalue weighted by Crippen LogP contribution is 2.36. The van der Waals surface area contributed by atoms with Crippen LogP contribution >= 0.6 is 24.0 Å². The maximum atomic E-state index is 5.43. The number of thiocarbonyl (C=S) groups is 1. The molecule has 1 fully saturated rings. The van der Waals surface area contributed by atoms with Gasteiger partial charge in [-0.15, -0.1) is 11.8 Å². The molecule has 0 aromatic heterocycles. The summed E-state index contributed by atoms with van der Waals surface area (Å²) in [5, 5.41) is 0. The number of nitrogens with zero attached hydrogens (tertiary/aromatic N) is 1. The third-order valence-electron chi connectivity index (χ3n) is 2.94. The lowest BCUT2D eigenvalue weighted by Gasteiger charge is -2.32. The molecule has 72 valence electrons. The smallest absolute Gasteiger partial charge is 0.0663 e. The fraction of sp³-hybridized carbons (Fsp3) is 0.364. The van der Waals surface area contributed by atoms with Crippen LogP contribution in [0.1, 0.15) is 5.56 Å². The monoisotopic (exact) mass is 221 g/mol. The predicted molar refractivity (Wildman–Crippen MR) is 66.3 cm³/mol. The maximum absolute atomic E-state index is 5.43. The molecule has 0 aliphatic carbocycles. The molecule has 1 saturated heterocycles. The summed E-state index contributed by atoms with van der Waals surface area (Å²) in [6, 6.07) is 9.17. The van der Waals surface area contributed by atoms with Crippen molar-refractivity contribution in [2.75, 3.05) is 16.5 Å². The van der Waals surface area contributed by atoms with Crippen molar-refractivity contribution in [2.45, 2.75) is 12.5 Å². The Kier molecular flexibility index (Phi) is 2.03. The molecular weight excluding hydrogens is 210 g/mol. The van der Waals surface area contributed by atoms with Gasteiger partial charge in [-0.25, -0.2) is 0 Å². The molecule has 0 bridgehead atoms. The number of para-hydroxylation sites is 1. The molecule has 3 heteroatoms. The van der Waals surface area contributed by atoms with Crippen LogP contribution in [0.15, 0.2) is 24.3 Å². The van der Waals surface area contributed by atoms with E-state index in [1.807, 2.05) is 11.8 Å². The van der Waals surface area contributed by atoms with Gasteiger partial charge in [-0.2, -0.15) is 0 Å². The van der Waals surface area contributed by atoms with E-state index >= 15 is 0 Å². The van der Waals surface area contributed by atoms with Gasteiger partial charge in [-0.05, 0) is 18.1 Å². The first-order valence-corrected chi connectivity index (χ1v) is 6.37. The van der Waals surface area contributed by atoms with Crippen LogP contribution in [0, 0.1) is 0 Å². The van der Waals surface area contributed by atoms with Crippen LogP contribution in [-0.4, -0.2) is 22.5 Å². The van der Waals surface area contributed by atoms with E-state index < -0.39 is 0 Å². The lowest BCUT2D eigenvalue weighted by Crippen LogP contribution is -2.42. The van der Waals surface area contributed by atoms with Crippen molar-refractivity contribution in [2.24, 2.45) is 0 Å². The van der Waals surface area contributed by atoms with Crippen molar-refractivity contribution in [3.05, 3.63) is 29.8 Å². The molecule has 2 heterocycles. The highest BCUT2D eigenvalue weighted by Gasteiger charge is 2.34. The third kappa shape index (κ3) is 1.19. The first kappa shape index (κ1) is 8.74. The van der Waals surface area contributed by atoms with E-state index in [0.717, 1.165) is 18.1 Å². The largest absolute Gasteiger partial charge is 0.354 e. The normalized spacial score (nSPS) is 24.7. The van der Waals surface area contributed by atoms with Crippen LogP contribution in [0.2, 0.25) is 0 Å². The van der Waals surface area contributed by atoms with Gasteiger partial charge in [0, 0.05) is 16.3 Å². The molecule has 1 atom stereocenters. The fourth-order valence-corrected chi connectivity index (χ4v) is 3.70. The van der Waals surface area contributed by atoms with E-state index in [0.29, 0.717) is 6.04 Å². The minimum Gasteiger partial charge on any atom is -0.354 e. The highest BCUT2D eigenvalue weighted by atomic mass is 32.2. The van der Waals surface area contributed by atoms with Crippen LogP contribution in [0.4, 0.5) is 5.69 Å². The Morgan fingerprint density at radius 2 is 2.21 bits per heavy atom. The number of hydrogen-bond donors (Lipinski definition) is 0. The summed E-state index contributed by atoms with van der Waals surface area (Å²) in [7, 11) is 0. The molecule has 1 aromatic rings. The van der Waals surface area contributed by atoms with Crippen LogP contribution in [-0.2, 0) is 6.42 Å². The fourth-order valence-electron chi connectivity index (χ4n) is 2.24. The topological polar surface area (TPSA) is 3.24 Å². The summed E-state index contributed by atoms with van der Waals surface area (Å²) in [6.45, 7) is 0. The molecule has 14 heavy (non-hydrogen) atoms. The summed E-state index contributed by atoms with van der Waals surface area (Å²) in [5.74, 6) is 2.16. The average Bonchev–Trinajstić information content (AvgIpc) is 2.59. The first-order valence-electron chi connectivity index (χ1n) is 4.81. The quantitative estimate of drug-likeness (QED) is 0.620. The Morgan fingerprint density at radius 1 is 1.36 bits per heavy atom. The van der Waals surface area contributed by atoms with Gasteiger partial charge in [-0.3, -0.25) is 0 Å². The van der Waals surface area contributed by atoms with Gasteiger partial charge in [0.2, 0.25) is 0 Å². The lowest BCUT2D eigenvalue weighted by atomic mass is 10.1. The maximum Gasteiger partial charge on any atom is 0.0663 e. The summed E-state index contributed by atoms with van der Waals surface area (Å²) in [5.41, 5.74) is 2.86. The third-order valence-corrected chi connectivity index (χ3v) is 4.51. The van der Waals surface area contributed by atoms with E-state index in [1.54, 1.807) is 0 Å². The molecule has 1 unspecified atom stereocenters. The zero-order chi connectivity index (χ0) is 9.54. The molecule has 0 N–H and O–H groups in total. The van der Waals surface area contributed by atoms with Crippen molar-refractivity contribution in [3.8, 4) is 0 Å². The molecule has 2 aliphatic rings. The van der Waals surface area contributed by atoms with Crippen molar-refractivity contribution >= 4 is 34.5 Å². The molecule has 3 rings (SSSR count). The van der Waals surface area contributed by atoms with E-state index in [4.69, 9.17) is 12.2 Å². The minimum atomic E-state index is 0.503. The molecule has 1 nitrogen and oxygen atoms in total. The molecule has 2 aliphatic heterocycles. The summed E-state index contributed by atoms with van der Waals surface area (Å²) in [4.78, 5) is 3.67. The van der Waals surface area contributed by atoms with Crippen molar-refractivity contribution in [1.29, 1.82) is 0 Å². The molecule has 0 spiro atoms. The summed E-state index contributed by atoms with van der Waals surface area (Å²) in [6.07, 6.45) is 1.12. The van der Waals surface area contributed by atoms with E-state index in [9.17, 15) is 0 Å². The predicted octanol–water partition coefficient (Wildman–Crippen LogP) is 2.49. The Morgan fingerprint density at radius 3 is 3.14 bits per heavy atom. The van der Waals surface area contributed by atoms with Gasteiger partial charge in [0.05, 0.1) is 11.9 Å². The Labute approximate surface area is 93.5 Å². The van der Waals surface area contributed by atoms with Crippen LogP contribution in [0.25, 0.3) is 0 Å². The average molecular weight is 221 g/mol. The second-order valence-corrected chi connectivity index (χ2v) is 5.24. The van der Waals surface area contributed by atoms with Gasteiger partial charge in [-0.1, -0.05) is 30.4 Å². The van der Waals surface area contributed by atoms with Crippen LogP contribution in [0.3, 0.4) is 0 Å². The number of rotatable bonds is 0. The first-order chi connectivity index (χ1) is 6.86. The zero-order valence-electron chi connectivity index (χ0n) is 7.77. The second-order valence-electron chi connectivity index (χ2n) is 3.76. The summed E-state index contributed by atoms with van der Waals surface area (Å²) < 4.78 is 0. The van der Waals surface area contributed by atoms with E-state index in [1.165, 1.54) is 16.1 Å². The SMILES string of the molecule is S=C1CSCN2c3ccccc3CC12. The molecular formula is C11H11NS2. The number of thioether (sulfide) groups is 1. The van der Waals surface area contributed by atoms with Crippen LogP contribution in [0.5, 0.6) is 0 Å². The Balaban J connectivity index is 2.04. The van der Waals surface area contributed by atoms with E-state index in [2.05, 4.69) is 29.2 Å².